The zero-order valence-corrected chi connectivity index (χ0v) is 24.6. The zero-order chi connectivity index (χ0) is 31.6. The number of benzene rings is 3. The first-order valence-corrected chi connectivity index (χ1v) is 14.6. The highest BCUT2D eigenvalue weighted by atomic mass is 19.1. The molecule has 3 atom stereocenters. The molecule has 0 bridgehead atoms. The monoisotopic (exact) mass is 605 g/mol. The summed E-state index contributed by atoms with van der Waals surface area (Å²) in [5.74, 6) is -3.24. The minimum atomic E-state index is -1.23. The second kappa shape index (κ2) is 15.3. The van der Waals surface area contributed by atoms with E-state index < -0.39 is 35.1 Å². The number of allylic oxidation sites excluding steroid dienone is 8. The molecule has 2 aliphatic rings. The van der Waals surface area contributed by atoms with Gasteiger partial charge in [0.15, 0.2) is 0 Å². The highest BCUT2D eigenvalue weighted by molar-refractivity contribution is 6.47. The van der Waals surface area contributed by atoms with Gasteiger partial charge in [0.1, 0.15) is 23.6 Å². The highest BCUT2D eigenvalue weighted by Crippen LogP contribution is 2.33. The highest BCUT2D eigenvalue weighted by Gasteiger charge is 2.35. The molecule has 4 nitrogen and oxygen atoms in total. The minimum absolute atomic E-state index is 0.0963. The van der Waals surface area contributed by atoms with E-state index in [2.05, 4.69) is 11.5 Å². The van der Waals surface area contributed by atoms with Crippen LogP contribution in [0.15, 0.2) is 158 Å². The van der Waals surface area contributed by atoms with Gasteiger partial charge in [0, 0.05) is 47.4 Å². The van der Waals surface area contributed by atoms with Crippen molar-refractivity contribution in [2.24, 2.45) is 0 Å². The van der Waals surface area contributed by atoms with Crippen molar-refractivity contribution in [3.63, 3.8) is 0 Å². The molecule has 1 radical (unpaired) electrons. The number of hydrogen-bond donors (Lipinski definition) is 1. The maximum Gasteiger partial charge on any atom is 0.337 e. The summed E-state index contributed by atoms with van der Waals surface area (Å²) in [5.41, 5.74) is 2.48. The summed E-state index contributed by atoms with van der Waals surface area (Å²) < 4.78 is 48.9. The van der Waals surface area contributed by atoms with Crippen LogP contribution in [0.2, 0.25) is 0 Å². The first kappa shape index (κ1) is 31.6. The number of aliphatic hydroxyl groups is 1. The Labute approximate surface area is 263 Å². The van der Waals surface area contributed by atoms with Crippen LogP contribution in [-0.4, -0.2) is 42.3 Å². The molecule has 0 heterocycles. The Morgan fingerprint density at radius 3 is 2.16 bits per heavy atom. The number of halogens is 3. The van der Waals surface area contributed by atoms with Crippen LogP contribution >= 0.6 is 0 Å². The van der Waals surface area contributed by atoms with E-state index in [0.717, 1.165) is 18.9 Å². The van der Waals surface area contributed by atoms with E-state index in [4.69, 9.17) is 4.65 Å². The van der Waals surface area contributed by atoms with Crippen LogP contribution in [0, 0.1) is 17.5 Å². The van der Waals surface area contributed by atoms with Gasteiger partial charge < -0.3 is 19.6 Å². The molecule has 2 aliphatic carbocycles. The van der Waals surface area contributed by atoms with Crippen LogP contribution in [0.25, 0.3) is 0 Å². The first-order valence-electron chi connectivity index (χ1n) is 14.6. The Bertz CT molecular complexity index is 1590. The Morgan fingerprint density at radius 1 is 0.889 bits per heavy atom. The number of hydrogen-bond acceptors (Lipinski definition) is 4. The lowest BCUT2D eigenvalue weighted by molar-refractivity contribution is 0.0638. The molecule has 0 fully saturated rings. The lowest BCUT2D eigenvalue weighted by atomic mass is 9.84. The normalized spacial score (nSPS) is 19.4. The number of anilines is 2. The summed E-state index contributed by atoms with van der Waals surface area (Å²) in [7, 11) is 0.917. The van der Waals surface area contributed by atoms with E-state index in [-0.39, 0.29) is 6.04 Å². The van der Waals surface area contributed by atoms with Crippen molar-refractivity contribution >= 4 is 24.3 Å². The Hall–Kier alpha value is -4.79. The van der Waals surface area contributed by atoms with Crippen LogP contribution in [-0.2, 0) is 4.65 Å². The topological polar surface area (TPSA) is 35.9 Å². The van der Waals surface area contributed by atoms with Gasteiger partial charge >= 0.3 is 7.48 Å². The smallest absolute Gasteiger partial charge is 0.337 e. The largest absolute Gasteiger partial charge is 0.425 e. The van der Waals surface area contributed by atoms with Gasteiger partial charge in [-0.15, -0.1) is 0 Å². The van der Waals surface area contributed by atoms with E-state index in [1.54, 1.807) is 12.2 Å². The summed E-state index contributed by atoms with van der Waals surface area (Å²) in [6.07, 6.45) is 19.2. The molecule has 0 saturated heterocycles. The van der Waals surface area contributed by atoms with Gasteiger partial charge in [-0.2, -0.15) is 0 Å². The third kappa shape index (κ3) is 7.84. The predicted octanol–water partition coefficient (Wildman–Crippen LogP) is 7.20. The molecule has 0 saturated carbocycles. The fourth-order valence-corrected chi connectivity index (χ4v) is 5.27. The average molecular weight is 605 g/mol. The molecule has 0 aromatic heterocycles. The lowest BCUT2D eigenvalue weighted by Gasteiger charge is -2.40. The number of para-hydroxylation sites is 2. The average Bonchev–Trinajstić information content (AvgIpc) is 3.06. The maximum absolute atomic E-state index is 14.6. The minimum Gasteiger partial charge on any atom is -0.425 e. The van der Waals surface area contributed by atoms with Gasteiger partial charge in [-0.3, -0.25) is 0 Å². The summed E-state index contributed by atoms with van der Waals surface area (Å²) in [4.78, 5) is 4.02. The van der Waals surface area contributed by atoms with Gasteiger partial charge in [-0.25, -0.2) is 13.2 Å². The van der Waals surface area contributed by atoms with Crippen molar-refractivity contribution in [1.29, 1.82) is 0 Å². The summed E-state index contributed by atoms with van der Waals surface area (Å²) in [5, 5.41) is 11.9. The first-order chi connectivity index (χ1) is 22.0. The van der Waals surface area contributed by atoms with Crippen molar-refractivity contribution in [1.82, 2.24) is 4.90 Å². The van der Waals surface area contributed by atoms with Crippen LogP contribution in [0.3, 0.4) is 0 Å². The predicted molar refractivity (Wildman–Crippen MR) is 176 cm³/mol. The van der Waals surface area contributed by atoms with Crippen LogP contribution in [0.5, 0.6) is 0 Å². The van der Waals surface area contributed by atoms with Crippen LogP contribution in [0.1, 0.15) is 6.42 Å². The molecule has 3 aromatic rings. The van der Waals surface area contributed by atoms with Gasteiger partial charge in [-0.1, -0.05) is 91.6 Å². The summed E-state index contributed by atoms with van der Waals surface area (Å²) in [6, 6.07) is 20.6. The lowest BCUT2D eigenvalue weighted by Crippen LogP contribution is -2.46. The van der Waals surface area contributed by atoms with Crippen molar-refractivity contribution < 1.29 is 22.9 Å². The SMILES string of the molecule is C=C/C=C\C=C\N(C1=CC=C(CN(c2ccccc2)c2ccccc2)C(O[B]c2c(F)cc(F)cc2F)C1O)C1C=CC=CC1. The molecular weight excluding hydrogens is 572 g/mol. The van der Waals surface area contributed by atoms with Gasteiger partial charge in [0.25, 0.3) is 0 Å². The van der Waals surface area contributed by atoms with Crippen molar-refractivity contribution in [2.45, 2.75) is 24.7 Å². The van der Waals surface area contributed by atoms with Gasteiger partial charge in [-0.05, 0) is 48.4 Å². The fraction of sp³-hybridized carbons (Fsp3) is 0.135. The molecule has 0 spiro atoms. The Kier molecular flexibility index (Phi) is 10.7. The van der Waals surface area contributed by atoms with E-state index in [9.17, 15) is 18.3 Å². The van der Waals surface area contributed by atoms with Crippen LogP contribution in [0.4, 0.5) is 24.5 Å². The maximum atomic E-state index is 14.6. The van der Waals surface area contributed by atoms with E-state index in [1.165, 1.54) is 0 Å². The quantitative estimate of drug-likeness (QED) is 0.175. The second-order valence-electron chi connectivity index (χ2n) is 10.5. The van der Waals surface area contributed by atoms with Crippen molar-refractivity contribution in [3.05, 3.63) is 175 Å². The number of rotatable bonds is 12. The molecule has 0 amide bonds. The summed E-state index contributed by atoms with van der Waals surface area (Å²) in [6.45, 7) is 4.00. The van der Waals surface area contributed by atoms with Gasteiger partial charge in [0.2, 0.25) is 0 Å². The van der Waals surface area contributed by atoms with E-state index >= 15 is 0 Å². The molecule has 227 valence electrons. The third-order valence-corrected chi connectivity index (χ3v) is 7.49. The molecule has 5 rings (SSSR count). The Morgan fingerprint density at radius 2 is 1.56 bits per heavy atom. The van der Waals surface area contributed by atoms with Crippen molar-refractivity contribution in [3.8, 4) is 0 Å². The molecule has 45 heavy (non-hydrogen) atoms. The number of nitrogens with zero attached hydrogens (tertiary/aromatic N) is 2. The fourth-order valence-electron chi connectivity index (χ4n) is 5.27. The molecule has 0 aliphatic heterocycles. The molecular formula is C37H33BF3N2O2. The third-order valence-electron chi connectivity index (χ3n) is 7.49. The second-order valence-corrected chi connectivity index (χ2v) is 10.5. The summed E-state index contributed by atoms with van der Waals surface area (Å²) >= 11 is 0. The van der Waals surface area contributed by atoms with Gasteiger partial charge in [0.05, 0.1) is 12.1 Å². The molecule has 3 aromatic carbocycles. The standard InChI is InChI=1S/C37H33BF3N2O2/c1-2-3-4-14-23-42(29-15-8-5-9-16-29)34-22-21-27(26-43(30-17-10-6-11-18-30)31-19-12-7-13-20-31)37(36(34)44)45-38-35-32(40)24-28(39)25-33(35)41/h2-15,17-25,29,36-37,44H,1,16,26H2/b4-3-,23-14+. The molecule has 1 N–H and O–H groups in total. The molecule has 3 unspecified atom stereocenters. The number of aliphatic hydroxyl groups excluding tert-OH is 1. The molecule has 8 heteroatoms. The van der Waals surface area contributed by atoms with E-state index in [1.807, 2.05) is 120 Å². The van der Waals surface area contributed by atoms with Crippen molar-refractivity contribution in [2.75, 3.05) is 11.4 Å². The van der Waals surface area contributed by atoms with Crippen LogP contribution < -0.4 is 10.4 Å². The zero-order valence-electron chi connectivity index (χ0n) is 24.6. The Balaban J connectivity index is 1.54. The van der Waals surface area contributed by atoms with E-state index in [0.29, 0.717) is 36.4 Å².